The summed E-state index contributed by atoms with van der Waals surface area (Å²) < 4.78 is 33.5. The fourth-order valence-electron chi connectivity index (χ4n) is 2.94. The number of sulfonamides is 1. The molecule has 0 atom stereocenters. The summed E-state index contributed by atoms with van der Waals surface area (Å²) in [5.41, 5.74) is 2.30. The number of hydrogen-bond acceptors (Lipinski definition) is 5. The van der Waals surface area contributed by atoms with Crippen molar-refractivity contribution >= 4 is 38.9 Å². The summed E-state index contributed by atoms with van der Waals surface area (Å²) in [7, 11) is -2.47. The standard InChI is InChI=1S/C23H23N3O5S/c1-15-8-13-19(32(29,30)26-20-6-4-5-7-22(20)31-3)14-21(15)25-23(28)17-9-11-18(12-10-17)24-16(2)27/h4-14,26H,1-3H3,(H,24,27)(H,25,28). The first kappa shape index (κ1) is 22.8. The molecule has 0 radical (unpaired) electrons. The molecule has 0 saturated carbocycles. The fourth-order valence-corrected chi connectivity index (χ4v) is 4.03. The summed E-state index contributed by atoms with van der Waals surface area (Å²) in [5, 5.41) is 5.37. The quantitative estimate of drug-likeness (QED) is 0.500. The van der Waals surface area contributed by atoms with E-state index in [1.165, 1.54) is 26.2 Å². The van der Waals surface area contributed by atoms with Gasteiger partial charge in [-0.15, -0.1) is 0 Å². The van der Waals surface area contributed by atoms with Crippen LogP contribution in [-0.2, 0) is 14.8 Å². The van der Waals surface area contributed by atoms with Crippen molar-refractivity contribution in [2.45, 2.75) is 18.7 Å². The third-order valence-corrected chi connectivity index (χ3v) is 5.95. The van der Waals surface area contributed by atoms with Crippen LogP contribution < -0.4 is 20.1 Å². The Balaban J connectivity index is 1.82. The molecule has 0 aliphatic heterocycles. The first-order chi connectivity index (χ1) is 15.2. The molecule has 8 nitrogen and oxygen atoms in total. The van der Waals surface area contributed by atoms with Gasteiger partial charge in [0.15, 0.2) is 0 Å². The molecule has 0 aliphatic rings. The molecule has 0 aliphatic carbocycles. The van der Waals surface area contributed by atoms with Crippen LogP contribution in [0.2, 0.25) is 0 Å². The van der Waals surface area contributed by atoms with E-state index in [1.807, 2.05) is 0 Å². The number of anilines is 3. The fraction of sp³-hybridized carbons (Fsp3) is 0.130. The molecule has 0 spiro atoms. The summed E-state index contributed by atoms with van der Waals surface area (Å²) in [6.45, 7) is 3.16. The van der Waals surface area contributed by atoms with Crippen molar-refractivity contribution in [3.63, 3.8) is 0 Å². The van der Waals surface area contributed by atoms with Crippen molar-refractivity contribution in [3.05, 3.63) is 77.9 Å². The first-order valence-electron chi connectivity index (χ1n) is 9.65. The SMILES string of the molecule is COc1ccccc1NS(=O)(=O)c1ccc(C)c(NC(=O)c2ccc(NC(C)=O)cc2)c1. The molecule has 3 aromatic carbocycles. The van der Waals surface area contributed by atoms with E-state index in [2.05, 4.69) is 15.4 Å². The zero-order valence-corrected chi connectivity index (χ0v) is 18.6. The van der Waals surface area contributed by atoms with Crippen LogP contribution in [0, 0.1) is 6.92 Å². The minimum Gasteiger partial charge on any atom is -0.495 e. The third-order valence-electron chi connectivity index (χ3n) is 4.59. The molecule has 0 bridgehead atoms. The van der Waals surface area contributed by atoms with E-state index in [1.54, 1.807) is 61.5 Å². The number of nitrogens with one attached hydrogen (secondary N) is 3. The van der Waals surface area contributed by atoms with Crippen LogP contribution >= 0.6 is 0 Å². The molecule has 32 heavy (non-hydrogen) atoms. The van der Waals surface area contributed by atoms with Crippen LogP contribution in [0.4, 0.5) is 17.1 Å². The highest BCUT2D eigenvalue weighted by Gasteiger charge is 2.18. The molecule has 0 aromatic heterocycles. The lowest BCUT2D eigenvalue weighted by Gasteiger charge is -2.14. The van der Waals surface area contributed by atoms with Gasteiger partial charge in [0.25, 0.3) is 15.9 Å². The summed E-state index contributed by atoms with van der Waals surface area (Å²) in [6, 6.07) is 17.5. The molecular formula is C23H23N3O5S. The second-order valence-electron chi connectivity index (χ2n) is 7.00. The number of rotatable bonds is 7. The van der Waals surface area contributed by atoms with Crippen molar-refractivity contribution in [2.75, 3.05) is 22.5 Å². The van der Waals surface area contributed by atoms with Crippen molar-refractivity contribution in [1.82, 2.24) is 0 Å². The molecule has 166 valence electrons. The minimum absolute atomic E-state index is 0.00897. The Kier molecular flexibility index (Phi) is 6.79. The molecule has 3 aromatic rings. The molecule has 0 saturated heterocycles. The summed E-state index contributed by atoms with van der Waals surface area (Å²) in [5.74, 6) is -0.230. The molecule has 0 unspecified atom stereocenters. The summed E-state index contributed by atoms with van der Waals surface area (Å²) in [4.78, 5) is 23.8. The highest BCUT2D eigenvalue weighted by atomic mass is 32.2. The van der Waals surface area contributed by atoms with Crippen molar-refractivity contribution in [3.8, 4) is 5.75 Å². The van der Waals surface area contributed by atoms with Gasteiger partial charge in [0.2, 0.25) is 5.91 Å². The monoisotopic (exact) mass is 453 g/mol. The third kappa shape index (κ3) is 5.44. The number of carbonyl (C=O) groups is 2. The van der Waals surface area contributed by atoms with Gasteiger partial charge in [0.05, 0.1) is 17.7 Å². The van der Waals surface area contributed by atoms with Crippen LogP contribution in [0.3, 0.4) is 0 Å². The second-order valence-corrected chi connectivity index (χ2v) is 8.68. The number of ether oxygens (including phenoxy) is 1. The van der Waals surface area contributed by atoms with Crippen LogP contribution in [0.5, 0.6) is 5.75 Å². The lowest BCUT2D eigenvalue weighted by molar-refractivity contribution is -0.114. The zero-order chi connectivity index (χ0) is 23.3. The van der Waals surface area contributed by atoms with Gasteiger partial charge >= 0.3 is 0 Å². The van der Waals surface area contributed by atoms with Crippen molar-refractivity contribution in [1.29, 1.82) is 0 Å². The number of methoxy groups -OCH3 is 1. The predicted octanol–water partition coefficient (Wildman–Crippen LogP) is 4.02. The number of carbonyl (C=O) groups excluding carboxylic acids is 2. The van der Waals surface area contributed by atoms with Gasteiger partial charge in [-0.25, -0.2) is 8.42 Å². The average Bonchev–Trinajstić information content (AvgIpc) is 2.75. The summed E-state index contributed by atoms with van der Waals surface area (Å²) >= 11 is 0. The Morgan fingerprint density at radius 3 is 2.22 bits per heavy atom. The van der Waals surface area contributed by atoms with Crippen LogP contribution in [0.1, 0.15) is 22.8 Å². The Hall–Kier alpha value is -3.85. The highest BCUT2D eigenvalue weighted by Crippen LogP contribution is 2.28. The Morgan fingerprint density at radius 2 is 1.56 bits per heavy atom. The maximum Gasteiger partial charge on any atom is 0.262 e. The Bertz CT molecular complexity index is 1250. The molecule has 2 amide bonds. The first-order valence-corrected chi connectivity index (χ1v) is 11.1. The predicted molar refractivity (Wildman–Crippen MR) is 124 cm³/mol. The van der Waals surface area contributed by atoms with E-state index >= 15 is 0 Å². The molecule has 0 heterocycles. The van der Waals surface area contributed by atoms with Gasteiger partial charge in [-0.05, 0) is 61.0 Å². The molecular weight excluding hydrogens is 430 g/mol. The van der Waals surface area contributed by atoms with Gasteiger partial charge in [-0.1, -0.05) is 18.2 Å². The van der Waals surface area contributed by atoms with Crippen LogP contribution in [-0.4, -0.2) is 27.3 Å². The van der Waals surface area contributed by atoms with Crippen LogP contribution in [0.25, 0.3) is 0 Å². The lowest BCUT2D eigenvalue weighted by atomic mass is 10.1. The van der Waals surface area contributed by atoms with E-state index in [4.69, 9.17) is 4.74 Å². The largest absolute Gasteiger partial charge is 0.495 e. The Labute approximate surface area is 186 Å². The number of hydrogen-bond donors (Lipinski definition) is 3. The van der Waals surface area contributed by atoms with Crippen molar-refractivity contribution in [2.24, 2.45) is 0 Å². The molecule has 9 heteroatoms. The van der Waals surface area contributed by atoms with Gasteiger partial charge in [0, 0.05) is 23.9 Å². The molecule has 0 fully saturated rings. The van der Waals surface area contributed by atoms with Gasteiger partial charge in [0.1, 0.15) is 5.75 Å². The smallest absolute Gasteiger partial charge is 0.262 e. The maximum atomic E-state index is 12.9. The average molecular weight is 454 g/mol. The zero-order valence-electron chi connectivity index (χ0n) is 17.8. The van der Waals surface area contributed by atoms with E-state index < -0.39 is 15.9 Å². The molecule has 3 N–H and O–H groups in total. The summed E-state index contributed by atoms with van der Waals surface area (Å²) in [6.07, 6.45) is 0. The van der Waals surface area contributed by atoms with E-state index in [0.29, 0.717) is 33.9 Å². The number of amides is 2. The highest BCUT2D eigenvalue weighted by molar-refractivity contribution is 7.92. The lowest BCUT2D eigenvalue weighted by Crippen LogP contribution is -2.16. The van der Waals surface area contributed by atoms with Gasteiger partial charge in [-0.3, -0.25) is 14.3 Å². The van der Waals surface area contributed by atoms with E-state index in [0.717, 1.165) is 0 Å². The van der Waals surface area contributed by atoms with Crippen LogP contribution in [0.15, 0.2) is 71.6 Å². The van der Waals surface area contributed by atoms with Gasteiger partial charge < -0.3 is 15.4 Å². The minimum atomic E-state index is -3.92. The second kappa shape index (κ2) is 9.52. The van der Waals surface area contributed by atoms with Crippen molar-refractivity contribution < 1.29 is 22.7 Å². The molecule has 3 rings (SSSR count). The number of para-hydroxylation sites is 2. The maximum absolute atomic E-state index is 12.9. The van der Waals surface area contributed by atoms with E-state index in [9.17, 15) is 18.0 Å². The number of aryl methyl sites for hydroxylation is 1. The van der Waals surface area contributed by atoms with E-state index in [-0.39, 0.29) is 10.8 Å². The normalized spacial score (nSPS) is 10.8. The topological polar surface area (TPSA) is 114 Å². The Morgan fingerprint density at radius 1 is 0.875 bits per heavy atom. The number of benzene rings is 3. The van der Waals surface area contributed by atoms with Gasteiger partial charge in [-0.2, -0.15) is 0 Å².